The molecule has 0 aromatic heterocycles. The Kier molecular flexibility index (Phi) is 8.23. The van der Waals surface area contributed by atoms with E-state index in [0.29, 0.717) is 0 Å². The van der Waals surface area contributed by atoms with Gasteiger partial charge < -0.3 is 7.38 Å². The van der Waals surface area contributed by atoms with Crippen LogP contribution in [0, 0.1) is 0 Å². The van der Waals surface area contributed by atoms with Crippen LogP contribution in [0.3, 0.4) is 0 Å². The third-order valence-electron chi connectivity index (χ3n) is 0.968. The van der Waals surface area contributed by atoms with Crippen LogP contribution in [0.25, 0.3) is 0 Å². The molecule has 0 saturated carbocycles. The van der Waals surface area contributed by atoms with E-state index >= 15 is 0 Å². The minimum atomic E-state index is -4.39. The van der Waals surface area contributed by atoms with E-state index in [-0.39, 0.29) is 46.3 Å². The van der Waals surface area contributed by atoms with Crippen molar-refractivity contribution >= 4 is 7.82 Å². The summed E-state index contributed by atoms with van der Waals surface area (Å²) in [4.78, 5) is 16.7. The molecule has 64 valence electrons. The first-order valence-corrected chi connectivity index (χ1v) is 4.41. The van der Waals surface area contributed by atoms with Gasteiger partial charge in [-0.3, -0.25) is 9.79 Å². The molecule has 0 fully saturated rings. The monoisotopic (exact) mass is 190 g/mol. The standard InChI is InChI=1S/C6H7O4P.2Li.2H/c7-11(8,9)10-6-4-2-1-3-5-6;;;;/h1-5H,(H2,7,8,9);;;;/q;2*+1;2*-1. The van der Waals surface area contributed by atoms with Crippen molar-refractivity contribution in [1.82, 2.24) is 0 Å². The van der Waals surface area contributed by atoms with Gasteiger partial charge in [0.2, 0.25) is 0 Å². The third kappa shape index (κ3) is 7.44. The van der Waals surface area contributed by atoms with Crippen LogP contribution in [-0.4, -0.2) is 9.79 Å². The van der Waals surface area contributed by atoms with Gasteiger partial charge >= 0.3 is 45.5 Å². The van der Waals surface area contributed by atoms with Crippen molar-refractivity contribution in [2.45, 2.75) is 0 Å². The van der Waals surface area contributed by atoms with Crippen LogP contribution >= 0.6 is 7.82 Å². The zero-order valence-corrected chi connectivity index (χ0v) is 8.44. The summed E-state index contributed by atoms with van der Waals surface area (Å²) in [6, 6.07) is 7.93. The fourth-order valence-corrected chi connectivity index (χ4v) is 1.02. The Labute approximate surface area is 103 Å². The van der Waals surface area contributed by atoms with Crippen LogP contribution in [0.15, 0.2) is 30.3 Å². The molecule has 2 N–H and O–H groups in total. The van der Waals surface area contributed by atoms with Crippen molar-refractivity contribution in [2.24, 2.45) is 0 Å². The maximum absolute atomic E-state index is 10.3. The topological polar surface area (TPSA) is 66.8 Å². The van der Waals surface area contributed by atoms with Crippen LogP contribution < -0.4 is 42.2 Å². The van der Waals surface area contributed by atoms with Crippen molar-refractivity contribution in [1.29, 1.82) is 0 Å². The quantitative estimate of drug-likeness (QED) is 0.363. The second kappa shape index (κ2) is 6.76. The fourth-order valence-electron chi connectivity index (χ4n) is 0.619. The molecule has 0 aliphatic carbocycles. The number of phosphoric ester groups is 1. The molecule has 7 heteroatoms. The Balaban J connectivity index is -0.000000151. The Hall–Kier alpha value is 0.365. The molecule has 0 spiro atoms. The van der Waals surface area contributed by atoms with E-state index in [1.54, 1.807) is 18.2 Å². The van der Waals surface area contributed by atoms with E-state index < -0.39 is 7.82 Å². The average molecular weight is 190 g/mol. The molecule has 0 atom stereocenters. The fraction of sp³-hybridized carbons (Fsp3) is 0. The summed E-state index contributed by atoms with van der Waals surface area (Å²) in [5.41, 5.74) is 0. The molecule has 4 nitrogen and oxygen atoms in total. The van der Waals surface area contributed by atoms with E-state index in [2.05, 4.69) is 4.52 Å². The molecule has 0 heterocycles. The number of hydrogen-bond donors (Lipinski definition) is 2. The Morgan fingerprint density at radius 3 is 2.00 bits per heavy atom. The van der Waals surface area contributed by atoms with Gasteiger partial charge in [-0.2, -0.15) is 0 Å². The predicted octanol–water partition coefficient (Wildman–Crippen LogP) is -4.61. The van der Waals surface area contributed by atoms with Crippen LogP contribution in [0.2, 0.25) is 0 Å². The van der Waals surface area contributed by atoms with Gasteiger partial charge in [-0.1, -0.05) is 18.2 Å². The van der Waals surface area contributed by atoms with Gasteiger partial charge in [-0.05, 0) is 12.1 Å². The SMILES string of the molecule is O=P(O)(O)Oc1ccccc1.[H-].[H-].[Li+].[Li+]. The summed E-state index contributed by atoms with van der Waals surface area (Å²) in [5, 5.41) is 0. The summed E-state index contributed by atoms with van der Waals surface area (Å²) in [5.74, 6) is 0.167. The molecule has 0 unspecified atom stereocenters. The molecular weight excluding hydrogens is 181 g/mol. The molecule has 0 aliphatic heterocycles. The molecule has 0 saturated heterocycles. The van der Waals surface area contributed by atoms with Crippen molar-refractivity contribution < 1.29 is 59.5 Å². The molecule has 0 amide bonds. The zero-order valence-electron chi connectivity index (χ0n) is 9.54. The zero-order chi connectivity index (χ0) is 8.32. The maximum atomic E-state index is 10.3. The Morgan fingerprint density at radius 1 is 1.15 bits per heavy atom. The molecule has 1 aromatic carbocycles. The van der Waals surface area contributed by atoms with E-state index in [0.717, 1.165) is 0 Å². The van der Waals surface area contributed by atoms with Gasteiger partial charge in [-0.15, -0.1) is 0 Å². The second-order valence-electron chi connectivity index (χ2n) is 1.89. The molecule has 1 rings (SSSR count). The molecular formula is C6H9Li2O4P. The number of rotatable bonds is 2. The molecule has 0 radical (unpaired) electrons. The van der Waals surface area contributed by atoms with Crippen molar-refractivity contribution in [3.8, 4) is 5.75 Å². The Bertz CT molecular complexity index is 282. The first-order valence-electron chi connectivity index (χ1n) is 2.88. The van der Waals surface area contributed by atoms with Crippen LogP contribution in [0.4, 0.5) is 0 Å². The smallest absolute Gasteiger partial charge is 1.00 e. The summed E-state index contributed by atoms with van der Waals surface area (Å²) in [6.45, 7) is 0. The van der Waals surface area contributed by atoms with Crippen LogP contribution in [0.1, 0.15) is 2.85 Å². The van der Waals surface area contributed by atoms with Crippen molar-refractivity contribution in [3.63, 3.8) is 0 Å². The van der Waals surface area contributed by atoms with Gasteiger partial charge in [0.15, 0.2) is 0 Å². The molecule has 1 aromatic rings. The number of benzene rings is 1. The van der Waals surface area contributed by atoms with E-state index in [1.807, 2.05) is 0 Å². The summed E-state index contributed by atoms with van der Waals surface area (Å²) in [6.07, 6.45) is 0. The average Bonchev–Trinajstić information content (AvgIpc) is 1.85. The van der Waals surface area contributed by atoms with Gasteiger partial charge in [-0.25, -0.2) is 4.57 Å². The van der Waals surface area contributed by atoms with Crippen molar-refractivity contribution in [2.75, 3.05) is 0 Å². The first-order chi connectivity index (χ1) is 5.08. The van der Waals surface area contributed by atoms with Gasteiger partial charge in [0.25, 0.3) is 0 Å². The van der Waals surface area contributed by atoms with Crippen molar-refractivity contribution in [3.05, 3.63) is 30.3 Å². The molecule has 0 bridgehead atoms. The number of para-hydroxylation sites is 1. The van der Waals surface area contributed by atoms with E-state index in [1.165, 1.54) is 12.1 Å². The van der Waals surface area contributed by atoms with Gasteiger partial charge in [0, 0.05) is 0 Å². The second-order valence-corrected chi connectivity index (χ2v) is 3.06. The number of phosphoric acid groups is 1. The van der Waals surface area contributed by atoms with E-state index in [4.69, 9.17) is 9.79 Å². The molecule has 13 heavy (non-hydrogen) atoms. The number of hydrogen-bond acceptors (Lipinski definition) is 2. The largest absolute Gasteiger partial charge is 1.00 e. The minimum absolute atomic E-state index is 0. The van der Waals surface area contributed by atoms with E-state index in [9.17, 15) is 4.57 Å². The van der Waals surface area contributed by atoms with Gasteiger partial charge in [0.05, 0.1) is 0 Å². The summed E-state index contributed by atoms with van der Waals surface area (Å²) < 4.78 is 14.5. The third-order valence-corrected chi connectivity index (χ3v) is 1.42. The summed E-state index contributed by atoms with van der Waals surface area (Å²) >= 11 is 0. The van der Waals surface area contributed by atoms with Gasteiger partial charge in [0.1, 0.15) is 5.75 Å². The molecule has 0 aliphatic rings. The summed E-state index contributed by atoms with van der Waals surface area (Å²) in [7, 11) is -4.39. The van der Waals surface area contributed by atoms with Crippen LogP contribution in [0.5, 0.6) is 5.75 Å². The maximum Gasteiger partial charge on any atom is 1.00 e. The van der Waals surface area contributed by atoms with Crippen LogP contribution in [-0.2, 0) is 4.57 Å². The first kappa shape index (κ1) is 15.8. The normalized spacial score (nSPS) is 9.38. The predicted molar refractivity (Wildman–Crippen MR) is 41.3 cm³/mol. The Morgan fingerprint density at radius 2 is 1.62 bits per heavy atom. The minimum Gasteiger partial charge on any atom is -1.00 e.